The van der Waals surface area contributed by atoms with Crippen molar-refractivity contribution in [2.45, 2.75) is 45.3 Å². The molecule has 0 rings (SSSR count). The van der Waals surface area contributed by atoms with Crippen molar-refractivity contribution < 1.29 is 23.8 Å². The zero-order valence-corrected chi connectivity index (χ0v) is 9.96. The van der Waals surface area contributed by atoms with E-state index in [1.807, 2.05) is 0 Å². The summed E-state index contributed by atoms with van der Waals surface area (Å²) in [5.74, 6) is -1.30. The summed E-state index contributed by atoms with van der Waals surface area (Å²) < 4.78 is 17.1. The predicted molar refractivity (Wildman–Crippen MR) is 56.0 cm³/mol. The van der Waals surface area contributed by atoms with E-state index in [1.165, 1.54) is 6.92 Å². The van der Waals surface area contributed by atoms with E-state index in [4.69, 9.17) is 9.84 Å². The van der Waals surface area contributed by atoms with Crippen LogP contribution in [0.2, 0.25) is 0 Å². The van der Waals surface area contributed by atoms with Gasteiger partial charge in [0.05, 0.1) is 6.67 Å². The molecule has 0 fully saturated rings. The van der Waals surface area contributed by atoms with E-state index in [-0.39, 0.29) is 6.42 Å². The Kier molecular flexibility index (Phi) is 4.71. The molecule has 0 radical (unpaired) electrons. The molecule has 0 saturated carbocycles. The molecular formula is C10H18FNO4. The fourth-order valence-electron chi connectivity index (χ4n) is 0.941. The van der Waals surface area contributed by atoms with E-state index in [2.05, 4.69) is 5.32 Å². The number of rotatable bonds is 4. The van der Waals surface area contributed by atoms with E-state index in [9.17, 15) is 14.0 Å². The average molecular weight is 235 g/mol. The highest BCUT2D eigenvalue weighted by Gasteiger charge is 2.36. The van der Waals surface area contributed by atoms with Crippen molar-refractivity contribution in [2.24, 2.45) is 0 Å². The average Bonchev–Trinajstić information content (AvgIpc) is 1.99. The molecule has 0 aromatic rings. The van der Waals surface area contributed by atoms with E-state index < -0.39 is 29.9 Å². The Morgan fingerprint density at radius 2 is 1.81 bits per heavy atom. The Morgan fingerprint density at radius 3 is 2.12 bits per heavy atom. The largest absolute Gasteiger partial charge is 0.480 e. The third-order valence-corrected chi connectivity index (χ3v) is 1.84. The van der Waals surface area contributed by atoms with Crippen molar-refractivity contribution in [3.63, 3.8) is 0 Å². The topological polar surface area (TPSA) is 75.6 Å². The molecule has 1 amide bonds. The molecule has 94 valence electrons. The first-order valence-electron chi connectivity index (χ1n) is 4.91. The molecule has 0 aliphatic heterocycles. The van der Waals surface area contributed by atoms with Crippen LogP contribution in [0.3, 0.4) is 0 Å². The highest BCUT2D eigenvalue weighted by Crippen LogP contribution is 2.13. The maximum atomic E-state index is 12.2. The minimum atomic E-state index is -1.64. The van der Waals surface area contributed by atoms with Crippen LogP contribution in [-0.2, 0) is 9.53 Å². The van der Waals surface area contributed by atoms with Crippen LogP contribution in [0.1, 0.15) is 34.1 Å². The Hall–Kier alpha value is -1.33. The summed E-state index contributed by atoms with van der Waals surface area (Å²) in [4.78, 5) is 22.2. The maximum absolute atomic E-state index is 12.2. The van der Waals surface area contributed by atoms with E-state index >= 15 is 0 Å². The van der Waals surface area contributed by atoms with Crippen LogP contribution in [0.5, 0.6) is 0 Å². The van der Waals surface area contributed by atoms with Crippen molar-refractivity contribution in [1.82, 2.24) is 5.32 Å². The molecule has 1 atom stereocenters. The van der Waals surface area contributed by atoms with E-state index in [0.717, 1.165) is 0 Å². The second-order valence-corrected chi connectivity index (χ2v) is 4.70. The molecule has 0 saturated heterocycles. The fourth-order valence-corrected chi connectivity index (χ4v) is 0.941. The van der Waals surface area contributed by atoms with E-state index in [0.29, 0.717) is 0 Å². The molecular weight excluding hydrogens is 217 g/mol. The molecule has 6 heteroatoms. The lowest BCUT2D eigenvalue weighted by molar-refractivity contribution is -0.144. The first kappa shape index (κ1) is 14.7. The van der Waals surface area contributed by atoms with Gasteiger partial charge in [0.1, 0.15) is 11.1 Å². The summed E-state index contributed by atoms with van der Waals surface area (Å²) >= 11 is 0. The van der Waals surface area contributed by atoms with Gasteiger partial charge in [0.15, 0.2) is 0 Å². The van der Waals surface area contributed by atoms with E-state index in [1.54, 1.807) is 20.8 Å². The number of carboxylic acid groups (broad SMARTS) is 1. The number of carbonyl (C=O) groups is 2. The molecule has 1 unspecified atom stereocenters. The molecule has 0 spiro atoms. The van der Waals surface area contributed by atoms with Crippen molar-refractivity contribution in [3.8, 4) is 0 Å². The predicted octanol–water partition coefficient (Wildman–Crippen LogP) is 1.71. The number of aliphatic carboxylic acids is 1. The number of nitrogens with one attached hydrogen (secondary N) is 1. The Labute approximate surface area is 94.0 Å². The van der Waals surface area contributed by atoms with Gasteiger partial charge >= 0.3 is 12.1 Å². The molecule has 5 nitrogen and oxygen atoms in total. The second-order valence-electron chi connectivity index (χ2n) is 4.70. The summed E-state index contributed by atoms with van der Waals surface area (Å²) in [6.45, 7) is 5.36. The molecule has 16 heavy (non-hydrogen) atoms. The summed E-state index contributed by atoms with van der Waals surface area (Å²) in [6.07, 6.45) is -1.17. The third-order valence-electron chi connectivity index (χ3n) is 1.84. The standard InChI is InChI=1S/C10H18FNO4/c1-9(2,3)16-8(15)12-10(4,5-6-11)7(13)14/h5-6H2,1-4H3,(H,12,15)(H,13,14). The number of alkyl carbamates (subject to hydrolysis) is 1. The molecule has 0 heterocycles. The number of carbonyl (C=O) groups excluding carboxylic acids is 1. The number of hydrogen-bond acceptors (Lipinski definition) is 3. The molecule has 0 aliphatic rings. The fraction of sp³-hybridized carbons (Fsp3) is 0.800. The number of ether oxygens (including phenoxy) is 1. The Balaban J connectivity index is 4.53. The van der Waals surface area contributed by atoms with Gasteiger partial charge in [0.2, 0.25) is 0 Å². The minimum absolute atomic E-state index is 0.304. The van der Waals surface area contributed by atoms with Crippen LogP contribution in [0, 0.1) is 0 Å². The molecule has 2 N–H and O–H groups in total. The van der Waals surface area contributed by atoms with Crippen molar-refractivity contribution in [1.29, 1.82) is 0 Å². The highest BCUT2D eigenvalue weighted by molar-refractivity contribution is 5.83. The van der Waals surface area contributed by atoms with Crippen molar-refractivity contribution in [3.05, 3.63) is 0 Å². The summed E-state index contributed by atoms with van der Waals surface area (Å²) in [5.41, 5.74) is -2.36. The SMILES string of the molecule is CC(C)(C)OC(=O)NC(C)(CCF)C(=O)O. The summed E-state index contributed by atoms with van der Waals surface area (Å²) in [6, 6.07) is 0. The first-order chi connectivity index (χ1) is 7.10. The van der Waals surface area contributed by atoms with Gasteiger partial charge in [-0.1, -0.05) is 0 Å². The van der Waals surface area contributed by atoms with Gasteiger partial charge in [-0.05, 0) is 27.7 Å². The minimum Gasteiger partial charge on any atom is -0.480 e. The zero-order valence-electron chi connectivity index (χ0n) is 9.96. The Morgan fingerprint density at radius 1 is 1.31 bits per heavy atom. The normalized spacial score (nSPS) is 15.1. The molecule has 0 aromatic carbocycles. The molecule has 0 bridgehead atoms. The first-order valence-corrected chi connectivity index (χ1v) is 4.91. The van der Waals surface area contributed by atoms with Gasteiger partial charge in [-0.3, -0.25) is 4.39 Å². The summed E-state index contributed by atoms with van der Waals surface area (Å²) in [7, 11) is 0. The van der Waals surface area contributed by atoms with Crippen LogP contribution in [-0.4, -0.2) is 35.0 Å². The highest BCUT2D eigenvalue weighted by atomic mass is 19.1. The third kappa shape index (κ3) is 4.95. The summed E-state index contributed by atoms with van der Waals surface area (Å²) in [5, 5.41) is 11.0. The van der Waals surface area contributed by atoms with Gasteiger partial charge in [0, 0.05) is 6.42 Å². The van der Waals surface area contributed by atoms with Crippen molar-refractivity contribution in [2.75, 3.05) is 6.67 Å². The Bertz CT molecular complexity index is 274. The molecule has 0 aliphatic carbocycles. The monoisotopic (exact) mass is 235 g/mol. The van der Waals surface area contributed by atoms with Gasteiger partial charge in [-0.2, -0.15) is 0 Å². The van der Waals surface area contributed by atoms with Gasteiger partial charge in [-0.15, -0.1) is 0 Å². The van der Waals surface area contributed by atoms with Crippen LogP contribution in [0.4, 0.5) is 9.18 Å². The van der Waals surface area contributed by atoms with Gasteiger partial charge in [-0.25, -0.2) is 9.59 Å². The lowest BCUT2D eigenvalue weighted by atomic mass is 9.99. The van der Waals surface area contributed by atoms with Gasteiger partial charge < -0.3 is 15.2 Å². The number of hydrogen-bond donors (Lipinski definition) is 2. The quantitative estimate of drug-likeness (QED) is 0.777. The number of amides is 1. The van der Waals surface area contributed by atoms with Crippen molar-refractivity contribution >= 4 is 12.1 Å². The van der Waals surface area contributed by atoms with Crippen LogP contribution < -0.4 is 5.32 Å². The van der Waals surface area contributed by atoms with Crippen LogP contribution >= 0.6 is 0 Å². The number of alkyl halides is 1. The zero-order chi connectivity index (χ0) is 13.0. The smallest absolute Gasteiger partial charge is 0.408 e. The molecule has 0 aromatic heterocycles. The lowest BCUT2D eigenvalue weighted by Crippen LogP contribution is -2.53. The second kappa shape index (κ2) is 5.14. The van der Waals surface area contributed by atoms with Crippen LogP contribution in [0.15, 0.2) is 0 Å². The lowest BCUT2D eigenvalue weighted by Gasteiger charge is -2.27. The maximum Gasteiger partial charge on any atom is 0.408 e. The number of carboxylic acids is 1. The van der Waals surface area contributed by atoms with Gasteiger partial charge in [0.25, 0.3) is 0 Å². The van der Waals surface area contributed by atoms with Crippen LogP contribution in [0.25, 0.3) is 0 Å². The number of halogens is 1.